The maximum atomic E-state index is 13.5. The van der Waals surface area contributed by atoms with Crippen LogP contribution in [0.15, 0.2) is 36.4 Å². The van der Waals surface area contributed by atoms with Crippen LogP contribution in [0.3, 0.4) is 0 Å². The molecule has 2 bridgehead atoms. The first-order valence-electron chi connectivity index (χ1n) is 20.5. The van der Waals surface area contributed by atoms with E-state index in [-0.39, 0.29) is 28.9 Å². The van der Waals surface area contributed by atoms with Crippen molar-refractivity contribution in [2.75, 3.05) is 70.4 Å². The highest BCUT2D eigenvalue weighted by molar-refractivity contribution is 7.84. The van der Waals surface area contributed by atoms with Gasteiger partial charge >= 0.3 is 0 Å². The van der Waals surface area contributed by atoms with Gasteiger partial charge in [0.05, 0.1) is 23.1 Å². The van der Waals surface area contributed by atoms with Gasteiger partial charge in [-0.2, -0.15) is 0 Å². The molecule has 2 aromatic carbocycles. The maximum absolute atomic E-state index is 13.5. The van der Waals surface area contributed by atoms with Crippen LogP contribution in [0.1, 0.15) is 101 Å². The molecule has 8 atom stereocenters. The van der Waals surface area contributed by atoms with Crippen LogP contribution in [0.25, 0.3) is 0 Å². The second-order valence-electron chi connectivity index (χ2n) is 16.2. The second-order valence-corrected chi connectivity index (χ2v) is 18.1. The van der Waals surface area contributed by atoms with E-state index < -0.39 is 16.6 Å². The lowest BCUT2D eigenvalue weighted by Gasteiger charge is -2.52. The minimum atomic E-state index is -1.54. The second kappa shape index (κ2) is 18.2. The number of fused-ring (bicyclic) bond motifs is 3. The van der Waals surface area contributed by atoms with E-state index in [2.05, 4.69) is 50.7 Å². The van der Waals surface area contributed by atoms with Crippen molar-refractivity contribution in [3.63, 3.8) is 0 Å². The third-order valence-electron chi connectivity index (χ3n) is 12.8. The van der Waals surface area contributed by atoms with Crippen LogP contribution >= 0.6 is 11.6 Å². The molecule has 0 radical (unpaired) electrons. The SMILES string of the molecule is CC.CCCc1cc(Cl)ccc1C1COc2ccc3cc2N(C1)CC1CCC1C(O)(CN1CCN2CCNCC2C1)CCCC(C)C(C)S(=O)NC3=O. The Bertz CT molecular complexity index is 1580. The van der Waals surface area contributed by atoms with Gasteiger partial charge in [0.2, 0.25) is 0 Å². The third kappa shape index (κ3) is 9.26. The number of piperazine rings is 2. The van der Waals surface area contributed by atoms with Crippen LogP contribution in [0.4, 0.5) is 5.69 Å². The summed E-state index contributed by atoms with van der Waals surface area (Å²) < 4.78 is 22.8. The Balaban J connectivity index is 0.00000236. The first-order valence-corrected chi connectivity index (χ1v) is 22.1. The summed E-state index contributed by atoms with van der Waals surface area (Å²) in [6, 6.07) is 12.4. The van der Waals surface area contributed by atoms with Crippen LogP contribution < -0.4 is 19.7 Å². The number of aryl methyl sites for hydroxylation is 1. The topological polar surface area (TPSA) is 97.4 Å². The zero-order chi connectivity index (χ0) is 37.7. The molecular weight excluding hydrogens is 706 g/mol. The molecule has 7 rings (SSSR count). The van der Waals surface area contributed by atoms with E-state index >= 15 is 0 Å². The first kappa shape index (κ1) is 40.5. The Hall–Kier alpha value is -2.21. The van der Waals surface area contributed by atoms with Crippen LogP contribution in [-0.4, -0.2) is 107 Å². The Morgan fingerprint density at radius 3 is 2.64 bits per heavy atom. The van der Waals surface area contributed by atoms with Crippen molar-refractivity contribution in [2.24, 2.45) is 17.8 Å². The van der Waals surface area contributed by atoms with E-state index in [1.165, 1.54) is 11.1 Å². The number of anilines is 1. The predicted molar refractivity (Wildman–Crippen MR) is 218 cm³/mol. The van der Waals surface area contributed by atoms with E-state index in [1.807, 2.05) is 39.0 Å². The Kier molecular flexibility index (Phi) is 13.9. The molecule has 1 saturated carbocycles. The summed E-state index contributed by atoms with van der Waals surface area (Å²) >= 11 is 6.49. The molecule has 9 nitrogen and oxygen atoms in total. The number of rotatable bonds is 5. The number of nitrogens with zero attached hydrogens (tertiary/aromatic N) is 3. The van der Waals surface area contributed by atoms with Gasteiger partial charge < -0.3 is 20.1 Å². The van der Waals surface area contributed by atoms with Gasteiger partial charge in [-0.15, -0.1) is 0 Å². The summed E-state index contributed by atoms with van der Waals surface area (Å²) in [5.74, 6) is 1.17. The number of β-amino-alcohol motifs (C(OH)–C–C–N with tert-alkyl or cyclic N) is 1. The van der Waals surface area contributed by atoms with Crippen molar-refractivity contribution >= 4 is 34.2 Å². The molecule has 1 amide bonds. The molecule has 11 heteroatoms. The number of hydrogen-bond acceptors (Lipinski definition) is 8. The van der Waals surface area contributed by atoms with Crippen molar-refractivity contribution in [1.29, 1.82) is 0 Å². The highest BCUT2D eigenvalue weighted by Gasteiger charge is 2.48. The van der Waals surface area contributed by atoms with Crippen molar-refractivity contribution in [3.05, 3.63) is 58.1 Å². The summed E-state index contributed by atoms with van der Waals surface area (Å²) in [7, 11) is -1.54. The van der Waals surface area contributed by atoms with E-state index in [0.29, 0.717) is 30.7 Å². The number of benzene rings is 2. The average molecular weight is 771 g/mol. The molecule has 3 fully saturated rings. The predicted octanol–water partition coefficient (Wildman–Crippen LogP) is 6.25. The van der Waals surface area contributed by atoms with Gasteiger partial charge in [0.15, 0.2) is 0 Å². The Morgan fingerprint density at radius 1 is 1.04 bits per heavy atom. The van der Waals surface area contributed by atoms with Crippen molar-refractivity contribution < 1.29 is 18.8 Å². The zero-order valence-corrected chi connectivity index (χ0v) is 34.3. The molecule has 8 unspecified atom stereocenters. The molecule has 0 spiro atoms. The molecule has 4 heterocycles. The normalized spacial score (nSPS) is 32.8. The van der Waals surface area contributed by atoms with E-state index in [4.69, 9.17) is 16.3 Å². The highest BCUT2D eigenvalue weighted by Crippen LogP contribution is 2.47. The van der Waals surface area contributed by atoms with Crippen LogP contribution in [0, 0.1) is 17.8 Å². The fourth-order valence-corrected chi connectivity index (χ4v) is 10.7. The number of carbonyl (C=O) groups is 1. The number of aliphatic hydroxyl groups is 1. The minimum Gasteiger partial charge on any atom is -0.491 e. The highest BCUT2D eigenvalue weighted by atomic mass is 35.5. The fraction of sp³-hybridized carbons (Fsp3) is 0.690. The Labute approximate surface area is 326 Å². The van der Waals surface area contributed by atoms with Crippen molar-refractivity contribution in [2.45, 2.75) is 102 Å². The van der Waals surface area contributed by atoms with Crippen molar-refractivity contribution in [1.82, 2.24) is 19.8 Å². The summed E-state index contributed by atoms with van der Waals surface area (Å²) in [4.78, 5) is 21.1. The zero-order valence-electron chi connectivity index (χ0n) is 32.7. The van der Waals surface area contributed by atoms with E-state index in [1.54, 1.807) is 6.07 Å². The lowest BCUT2D eigenvalue weighted by Crippen LogP contribution is -2.64. The molecule has 4 aliphatic heterocycles. The molecule has 0 aromatic heterocycles. The molecule has 1 aliphatic carbocycles. The maximum Gasteiger partial charge on any atom is 0.263 e. The van der Waals surface area contributed by atoms with Gasteiger partial charge in [0, 0.05) is 81.4 Å². The van der Waals surface area contributed by atoms with Gasteiger partial charge in [-0.05, 0) is 98.2 Å². The van der Waals surface area contributed by atoms with Gasteiger partial charge in [-0.25, -0.2) is 4.21 Å². The standard InChI is InChI=1S/C40H58ClN5O4S.C2H6/c1-4-6-29-19-33(41)10-11-35(29)32-23-46-22-31-8-12-36(31)40(48,26-44-17-18-45-16-15-42-21-34(45)24-44)14-5-7-27(2)28(3)51(49)43-39(47)30-9-13-38(50-25-32)37(46)20-30;1-2/h9-11,13,19-20,27-28,31-32,34,36,42,48H,4-8,12,14-18,21-26H2,1-3H3,(H,43,47);1-2H3. The monoisotopic (exact) mass is 769 g/mol. The smallest absolute Gasteiger partial charge is 0.263 e. The number of ether oxygens (including phenoxy) is 1. The number of amides is 1. The number of nitrogens with one attached hydrogen (secondary N) is 2. The van der Waals surface area contributed by atoms with Gasteiger partial charge in [0.1, 0.15) is 16.7 Å². The van der Waals surface area contributed by atoms with E-state index in [9.17, 15) is 14.1 Å². The number of halogens is 1. The number of carbonyl (C=O) groups excluding carboxylic acids is 1. The van der Waals surface area contributed by atoms with Gasteiger partial charge in [0.25, 0.3) is 5.91 Å². The van der Waals surface area contributed by atoms with Crippen LogP contribution in [0.5, 0.6) is 5.75 Å². The summed E-state index contributed by atoms with van der Waals surface area (Å²) in [6.45, 7) is 19.2. The molecule has 5 aliphatic rings. The van der Waals surface area contributed by atoms with Crippen LogP contribution in [0.2, 0.25) is 5.02 Å². The lowest BCUT2D eigenvalue weighted by atomic mass is 9.62. The first-order chi connectivity index (χ1) is 25.6. The molecule has 294 valence electrons. The van der Waals surface area contributed by atoms with Crippen molar-refractivity contribution in [3.8, 4) is 5.75 Å². The molecule has 3 N–H and O–H groups in total. The van der Waals surface area contributed by atoms with Gasteiger partial charge in [-0.1, -0.05) is 58.2 Å². The molecular formula is C42H64ClN5O4S. The summed E-state index contributed by atoms with van der Waals surface area (Å²) in [6.07, 6.45) is 6.50. The lowest BCUT2D eigenvalue weighted by molar-refractivity contribution is -0.113. The molecule has 2 aromatic rings. The van der Waals surface area contributed by atoms with E-state index in [0.717, 1.165) is 114 Å². The summed E-state index contributed by atoms with van der Waals surface area (Å²) in [5, 5.41) is 17.0. The molecule has 2 saturated heterocycles. The average Bonchev–Trinajstić information content (AvgIpc) is 3.32. The fourth-order valence-electron chi connectivity index (χ4n) is 9.50. The Morgan fingerprint density at radius 2 is 1.87 bits per heavy atom. The third-order valence-corrected chi connectivity index (χ3v) is 14.6. The van der Waals surface area contributed by atoms with Gasteiger partial charge in [-0.3, -0.25) is 19.3 Å². The quantitative estimate of drug-likeness (QED) is 0.329. The minimum absolute atomic E-state index is 0.103. The largest absolute Gasteiger partial charge is 0.491 e. The molecule has 53 heavy (non-hydrogen) atoms. The van der Waals surface area contributed by atoms with Crippen LogP contribution in [-0.2, 0) is 17.4 Å². The number of hydrogen-bond donors (Lipinski definition) is 3. The summed E-state index contributed by atoms with van der Waals surface area (Å²) in [5.41, 5.74) is 3.09.